The van der Waals surface area contributed by atoms with Crippen molar-refractivity contribution in [3.05, 3.63) is 29.6 Å². The van der Waals surface area contributed by atoms with Gasteiger partial charge in [0.05, 0.1) is 0 Å². The van der Waals surface area contributed by atoms with E-state index in [0.29, 0.717) is 30.9 Å². The van der Waals surface area contributed by atoms with Crippen LogP contribution in [0.4, 0.5) is 10.1 Å². The van der Waals surface area contributed by atoms with Crippen molar-refractivity contribution < 1.29 is 14.0 Å². The predicted molar refractivity (Wildman–Crippen MR) is 73.1 cm³/mol. The zero-order chi connectivity index (χ0) is 14.7. The standard InChI is InChI=1S/C14H18FN3O2/c1-2-5-17-6-7-18(14(20)13(17)19)9-10-3-4-11(16)8-12(10)15/h3-4,8H,2,5-7,9,16H2,1H3. The molecule has 1 aliphatic rings. The molecule has 1 saturated heterocycles. The van der Waals surface area contributed by atoms with Crippen LogP contribution in [0.2, 0.25) is 0 Å². The summed E-state index contributed by atoms with van der Waals surface area (Å²) in [5.74, 6) is -1.53. The number of halogens is 1. The van der Waals surface area contributed by atoms with E-state index in [-0.39, 0.29) is 6.54 Å². The fourth-order valence-corrected chi connectivity index (χ4v) is 2.25. The molecule has 0 spiro atoms. The van der Waals surface area contributed by atoms with Crippen LogP contribution >= 0.6 is 0 Å². The van der Waals surface area contributed by atoms with Crippen molar-refractivity contribution >= 4 is 17.5 Å². The third kappa shape index (κ3) is 2.89. The second-order valence-electron chi connectivity index (χ2n) is 4.87. The molecule has 0 saturated carbocycles. The van der Waals surface area contributed by atoms with Crippen molar-refractivity contribution in [2.24, 2.45) is 0 Å². The zero-order valence-electron chi connectivity index (χ0n) is 11.4. The number of carbonyl (C=O) groups is 2. The molecule has 0 aliphatic carbocycles. The first kappa shape index (κ1) is 14.3. The molecule has 6 heteroatoms. The summed E-state index contributed by atoms with van der Waals surface area (Å²) in [6.07, 6.45) is 0.811. The molecule has 0 radical (unpaired) electrons. The van der Waals surface area contributed by atoms with Crippen LogP contribution in [-0.4, -0.2) is 41.2 Å². The fraction of sp³-hybridized carbons (Fsp3) is 0.429. The summed E-state index contributed by atoms with van der Waals surface area (Å²) in [5, 5.41) is 0. The number of nitrogens with two attached hydrogens (primary N) is 1. The summed E-state index contributed by atoms with van der Waals surface area (Å²) >= 11 is 0. The van der Waals surface area contributed by atoms with Gasteiger partial charge in [0.25, 0.3) is 0 Å². The molecule has 0 bridgehead atoms. The van der Waals surface area contributed by atoms with Crippen LogP contribution in [0, 0.1) is 5.82 Å². The minimum atomic E-state index is -0.569. The van der Waals surface area contributed by atoms with Gasteiger partial charge in [0.15, 0.2) is 0 Å². The normalized spacial score (nSPS) is 15.9. The van der Waals surface area contributed by atoms with E-state index in [1.54, 1.807) is 12.1 Å². The molecule has 1 heterocycles. The maximum atomic E-state index is 13.7. The van der Waals surface area contributed by atoms with Crippen molar-refractivity contribution in [3.8, 4) is 0 Å². The Labute approximate surface area is 117 Å². The van der Waals surface area contributed by atoms with Gasteiger partial charge in [0.1, 0.15) is 5.82 Å². The lowest BCUT2D eigenvalue weighted by atomic mass is 10.1. The Balaban J connectivity index is 2.07. The molecule has 0 atom stereocenters. The zero-order valence-corrected chi connectivity index (χ0v) is 11.4. The van der Waals surface area contributed by atoms with Crippen LogP contribution in [0.15, 0.2) is 18.2 Å². The van der Waals surface area contributed by atoms with Gasteiger partial charge in [-0.25, -0.2) is 4.39 Å². The number of rotatable bonds is 4. The van der Waals surface area contributed by atoms with Crippen LogP contribution in [0.3, 0.4) is 0 Å². The first-order chi connectivity index (χ1) is 9.52. The molecular formula is C14H18FN3O2. The summed E-state index contributed by atoms with van der Waals surface area (Å²) < 4.78 is 13.7. The molecule has 2 rings (SSSR count). The molecule has 1 aliphatic heterocycles. The number of piperazine rings is 1. The molecule has 5 nitrogen and oxygen atoms in total. The number of carbonyl (C=O) groups excluding carboxylic acids is 2. The largest absolute Gasteiger partial charge is 0.399 e. The van der Waals surface area contributed by atoms with Gasteiger partial charge < -0.3 is 15.5 Å². The van der Waals surface area contributed by atoms with Crippen molar-refractivity contribution in [1.29, 1.82) is 0 Å². The number of amides is 2. The van der Waals surface area contributed by atoms with Crippen molar-refractivity contribution in [2.45, 2.75) is 19.9 Å². The summed E-state index contributed by atoms with van der Waals surface area (Å²) in [5.41, 5.74) is 6.18. The van der Waals surface area contributed by atoms with E-state index < -0.39 is 17.6 Å². The Morgan fingerprint density at radius 2 is 1.85 bits per heavy atom. The minimum Gasteiger partial charge on any atom is -0.399 e. The molecule has 2 amide bonds. The Kier molecular flexibility index (Phi) is 4.22. The predicted octanol–water partition coefficient (Wildman–Crippen LogP) is 0.989. The van der Waals surface area contributed by atoms with Gasteiger partial charge in [-0.1, -0.05) is 13.0 Å². The van der Waals surface area contributed by atoms with Crippen LogP contribution in [-0.2, 0) is 16.1 Å². The average molecular weight is 279 g/mol. The van der Waals surface area contributed by atoms with E-state index in [1.165, 1.54) is 15.9 Å². The van der Waals surface area contributed by atoms with Gasteiger partial charge >= 0.3 is 11.8 Å². The smallest absolute Gasteiger partial charge is 0.312 e. The summed E-state index contributed by atoms with van der Waals surface area (Å²) in [7, 11) is 0. The maximum absolute atomic E-state index is 13.7. The van der Waals surface area contributed by atoms with Crippen molar-refractivity contribution in [2.75, 3.05) is 25.4 Å². The lowest BCUT2D eigenvalue weighted by molar-refractivity contribution is -0.156. The van der Waals surface area contributed by atoms with Gasteiger partial charge in [-0.2, -0.15) is 0 Å². The van der Waals surface area contributed by atoms with Crippen LogP contribution in [0.5, 0.6) is 0 Å². The SMILES string of the molecule is CCCN1CCN(Cc2ccc(N)cc2F)C(=O)C1=O. The highest BCUT2D eigenvalue weighted by molar-refractivity contribution is 6.35. The molecule has 20 heavy (non-hydrogen) atoms. The van der Waals surface area contributed by atoms with E-state index in [4.69, 9.17) is 5.73 Å². The molecule has 108 valence electrons. The fourth-order valence-electron chi connectivity index (χ4n) is 2.25. The van der Waals surface area contributed by atoms with Gasteiger partial charge in [0.2, 0.25) is 0 Å². The highest BCUT2D eigenvalue weighted by Gasteiger charge is 2.32. The second-order valence-corrected chi connectivity index (χ2v) is 4.87. The Hall–Kier alpha value is -2.11. The Bertz CT molecular complexity index is 533. The number of hydrogen-bond donors (Lipinski definition) is 1. The van der Waals surface area contributed by atoms with Crippen LogP contribution in [0.25, 0.3) is 0 Å². The average Bonchev–Trinajstić information content (AvgIpc) is 2.41. The molecule has 0 unspecified atom stereocenters. The van der Waals surface area contributed by atoms with Crippen molar-refractivity contribution in [3.63, 3.8) is 0 Å². The van der Waals surface area contributed by atoms with Gasteiger partial charge in [-0.3, -0.25) is 9.59 Å². The topological polar surface area (TPSA) is 66.6 Å². The quantitative estimate of drug-likeness (QED) is 0.660. The Morgan fingerprint density at radius 1 is 1.20 bits per heavy atom. The number of benzene rings is 1. The summed E-state index contributed by atoms with van der Waals surface area (Å²) in [6, 6.07) is 4.34. The number of nitrogen functional groups attached to an aromatic ring is 1. The lowest BCUT2D eigenvalue weighted by Crippen LogP contribution is -2.54. The number of hydrogen-bond acceptors (Lipinski definition) is 3. The van der Waals surface area contributed by atoms with Crippen LogP contribution in [0.1, 0.15) is 18.9 Å². The number of nitrogens with zero attached hydrogens (tertiary/aromatic N) is 2. The minimum absolute atomic E-state index is 0.0939. The van der Waals surface area contributed by atoms with Gasteiger partial charge in [-0.15, -0.1) is 0 Å². The third-order valence-electron chi connectivity index (χ3n) is 3.33. The Morgan fingerprint density at radius 3 is 2.50 bits per heavy atom. The highest BCUT2D eigenvalue weighted by Crippen LogP contribution is 2.16. The number of anilines is 1. The first-order valence-corrected chi connectivity index (χ1v) is 6.65. The molecular weight excluding hydrogens is 261 g/mol. The van der Waals surface area contributed by atoms with Gasteiger partial charge in [0, 0.05) is 37.4 Å². The van der Waals surface area contributed by atoms with Crippen LogP contribution < -0.4 is 5.73 Å². The van der Waals surface area contributed by atoms with E-state index in [2.05, 4.69) is 0 Å². The van der Waals surface area contributed by atoms with Gasteiger partial charge in [-0.05, 0) is 18.6 Å². The molecule has 1 aromatic rings. The summed E-state index contributed by atoms with van der Waals surface area (Å²) in [4.78, 5) is 26.8. The molecule has 2 N–H and O–H groups in total. The highest BCUT2D eigenvalue weighted by atomic mass is 19.1. The van der Waals surface area contributed by atoms with E-state index in [1.807, 2.05) is 6.92 Å². The van der Waals surface area contributed by atoms with Crippen molar-refractivity contribution in [1.82, 2.24) is 9.80 Å². The summed E-state index contributed by atoms with van der Waals surface area (Å²) in [6.45, 7) is 3.54. The molecule has 0 aromatic heterocycles. The molecule has 1 fully saturated rings. The van der Waals surface area contributed by atoms with E-state index >= 15 is 0 Å². The monoisotopic (exact) mass is 279 g/mol. The maximum Gasteiger partial charge on any atom is 0.312 e. The molecule has 1 aromatic carbocycles. The van der Waals surface area contributed by atoms with E-state index in [9.17, 15) is 14.0 Å². The van der Waals surface area contributed by atoms with E-state index in [0.717, 1.165) is 6.42 Å². The lowest BCUT2D eigenvalue weighted by Gasteiger charge is -2.33. The first-order valence-electron chi connectivity index (χ1n) is 6.65. The third-order valence-corrected chi connectivity index (χ3v) is 3.33. The second kappa shape index (κ2) is 5.90.